The number of aromatic amines is 1. The summed E-state index contributed by atoms with van der Waals surface area (Å²) < 4.78 is 10.6. The average Bonchev–Trinajstić information content (AvgIpc) is 3.30. The van der Waals surface area contributed by atoms with E-state index in [4.69, 9.17) is 9.47 Å². The molecule has 0 unspecified atom stereocenters. The van der Waals surface area contributed by atoms with E-state index in [9.17, 15) is 29.8 Å². The largest absolute Gasteiger partial charge is 0.451 e. The van der Waals surface area contributed by atoms with E-state index in [2.05, 4.69) is 15.2 Å². The molecular formula is C20H17N5O8. The topological polar surface area (TPSA) is 180 Å². The maximum absolute atomic E-state index is 12.3. The van der Waals surface area contributed by atoms with Gasteiger partial charge in [-0.25, -0.2) is 14.6 Å². The number of nitrogens with zero attached hydrogens (tertiary/aromatic N) is 4. The van der Waals surface area contributed by atoms with Gasteiger partial charge in [-0.3, -0.25) is 25.3 Å². The summed E-state index contributed by atoms with van der Waals surface area (Å²) in [5.41, 5.74) is -0.0709. The number of carbonyl (C=O) groups excluding carboxylic acids is 2. The van der Waals surface area contributed by atoms with Crippen LogP contribution in [0.2, 0.25) is 0 Å². The number of non-ortho nitro benzene ring substituents is 2. The molecule has 0 aliphatic heterocycles. The molecule has 2 atom stereocenters. The van der Waals surface area contributed by atoms with Gasteiger partial charge in [0.05, 0.1) is 21.0 Å². The van der Waals surface area contributed by atoms with Gasteiger partial charge in [-0.15, -0.1) is 0 Å². The molecule has 0 fully saturated rings. The first kappa shape index (κ1) is 23.0. The van der Waals surface area contributed by atoms with Crippen molar-refractivity contribution >= 4 is 23.3 Å². The smallest absolute Gasteiger partial charge is 0.338 e. The number of carbonyl (C=O) groups is 2. The van der Waals surface area contributed by atoms with Gasteiger partial charge < -0.3 is 9.47 Å². The monoisotopic (exact) mass is 455 g/mol. The molecular weight excluding hydrogens is 438 g/mol. The summed E-state index contributed by atoms with van der Waals surface area (Å²) in [5.74, 6) is -1.12. The lowest BCUT2D eigenvalue weighted by atomic mass is 10.2. The lowest BCUT2D eigenvalue weighted by Gasteiger charge is -2.11. The second-order valence-corrected chi connectivity index (χ2v) is 6.78. The van der Waals surface area contributed by atoms with Crippen LogP contribution >= 0.6 is 0 Å². The van der Waals surface area contributed by atoms with Gasteiger partial charge in [0.2, 0.25) is 0 Å². The zero-order valence-corrected chi connectivity index (χ0v) is 17.3. The summed E-state index contributed by atoms with van der Waals surface area (Å²) in [5, 5.41) is 28.0. The molecule has 0 saturated heterocycles. The van der Waals surface area contributed by atoms with Crippen LogP contribution in [0.5, 0.6) is 0 Å². The summed E-state index contributed by atoms with van der Waals surface area (Å²) in [6, 6.07) is 9.86. The van der Waals surface area contributed by atoms with Crippen LogP contribution in [0.15, 0.2) is 48.5 Å². The number of esters is 2. The highest BCUT2D eigenvalue weighted by atomic mass is 16.6. The Morgan fingerprint density at radius 2 is 1.24 bits per heavy atom. The number of hydrogen-bond donors (Lipinski definition) is 1. The molecule has 0 radical (unpaired) electrons. The number of nitro benzene ring substituents is 2. The van der Waals surface area contributed by atoms with Crippen LogP contribution in [-0.4, -0.2) is 37.0 Å². The second kappa shape index (κ2) is 9.64. The molecule has 3 aromatic rings. The van der Waals surface area contributed by atoms with Crippen LogP contribution in [0.4, 0.5) is 11.4 Å². The van der Waals surface area contributed by atoms with E-state index in [0.717, 1.165) is 0 Å². The van der Waals surface area contributed by atoms with Crippen molar-refractivity contribution in [1.82, 2.24) is 15.2 Å². The normalized spacial score (nSPS) is 12.4. The zero-order chi connectivity index (χ0) is 24.1. The van der Waals surface area contributed by atoms with E-state index >= 15 is 0 Å². The number of ether oxygens (including phenoxy) is 2. The van der Waals surface area contributed by atoms with E-state index in [1.165, 1.54) is 55.5 Å². The fourth-order valence-corrected chi connectivity index (χ4v) is 2.66. The first-order chi connectivity index (χ1) is 15.7. The SMILES string of the molecule is C[C@H](OC(=O)c1ccc([N+](=O)[O-])cc1)c1n[nH]c([C@H](C)OC(=O)c2ccc([N+](=O)[O-])cc2)n1. The maximum atomic E-state index is 12.3. The number of rotatable bonds is 8. The summed E-state index contributed by atoms with van der Waals surface area (Å²) in [4.78, 5) is 48.9. The fourth-order valence-electron chi connectivity index (χ4n) is 2.66. The van der Waals surface area contributed by atoms with Gasteiger partial charge in [-0.2, -0.15) is 5.10 Å². The van der Waals surface area contributed by atoms with Crippen molar-refractivity contribution < 1.29 is 28.9 Å². The van der Waals surface area contributed by atoms with Crippen LogP contribution in [0.25, 0.3) is 0 Å². The molecule has 0 amide bonds. The van der Waals surface area contributed by atoms with Crippen LogP contribution in [0.3, 0.4) is 0 Å². The molecule has 0 spiro atoms. The minimum absolute atomic E-state index is 0.119. The molecule has 0 saturated carbocycles. The highest BCUT2D eigenvalue weighted by Crippen LogP contribution is 2.21. The minimum Gasteiger partial charge on any atom is -0.451 e. The van der Waals surface area contributed by atoms with Crippen molar-refractivity contribution in [3.05, 3.63) is 91.5 Å². The second-order valence-electron chi connectivity index (χ2n) is 6.78. The molecule has 13 heteroatoms. The van der Waals surface area contributed by atoms with E-state index in [-0.39, 0.29) is 34.2 Å². The third kappa shape index (κ3) is 5.52. The van der Waals surface area contributed by atoms with Crippen molar-refractivity contribution in [2.45, 2.75) is 26.1 Å². The van der Waals surface area contributed by atoms with Gasteiger partial charge in [-0.05, 0) is 38.1 Å². The molecule has 1 aromatic heterocycles. The Kier molecular flexibility index (Phi) is 6.71. The van der Waals surface area contributed by atoms with Crippen LogP contribution in [-0.2, 0) is 9.47 Å². The maximum Gasteiger partial charge on any atom is 0.338 e. The number of aromatic nitrogens is 3. The molecule has 0 bridgehead atoms. The van der Waals surface area contributed by atoms with Crippen LogP contribution in [0.1, 0.15) is 58.4 Å². The predicted octanol–water partition coefficient (Wildman–Crippen LogP) is 3.46. The lowest BCUT2D eigenvalue weighted by molar-refractivity contribution is -0.385. The highest BCUT2D eigenvalue weighted by molar-refractivity contribution is 5.90. The Labute approximate surface area is 185 Å². The minimum atomic E-state index is -0.865. The predicted molar refractivity (Wildman–Crippen MR) is 110 cm³/mol. The van der Waals surface area contributed by atoms with Crippen molar-refractivity contribution in [2.24, 2.45) is 0 Å². The van der Waals surface area contributed by atoms with Crippen molar-refractivity contribution in [1.29, 1.82) is 0 Å². The average molecular weight is 455 g/mol. The van der Waals surface area contributed by atoms with E-state index in [1.807, 2.05) is 0 Å². The molecule has 1 N–H and O–H groups in total. The van der Waals surface area contributed by atoms with Gasteiger partial charge in [0.1, 0.15) is 0 Å². The molecule has 13 nitrogen and oxygen atoms in total. The molecule has 33 heavy (non-hydrogen) atoms. The molecule has 1 heterocycles. The Balaban J connectivity index is 1.60. The van der Waals surface area contributed by atoms with Crippen molar-refractivity contribution in [3.8, 4) is 0 Å². The third-order valence-electron chi connectivity index (χ3n) is 4.46. The molecule has 0 aliphatic rings. The standard InChI is InChI=1S/C20H17N5O8/c1-11(32-19(26)13-3-7-15(8-4-13)24(28)29)17-21-18(23-22-17)12(2)33-20(27)14-5-9-16(10-6-14)25(30)31/h3-12H,1-2H3,(H,21,22,23)/t11-,12-/m0/s1. The molecule has 0 aliphatic carbocycles. The van der Waals surface area contributed by atoms with Crippen molar-refractivity contribution in [3.63, 3.8) is 0 Å². The summed E-state index contributed by atoms with van der Waals surface area (Å²) in [6.45, 7) is 3.07. The number of nitrogens with one attached hydrogen (secondary N) is 1. The van der Waals surface area contributed by atoms with Gasteiger partial charge >= 0.3 is 11.9 Å². The number of H-pyrrole nitrogens is 1. The third-order valence-corrected chi connectivity index (χ3v) is 4.46. The first-order valence-corrected chi connectivity index (χ1v) is 9.48. The Bertz CT molecular complexity index is 1100. The quantitative estimate of drug-likeness (QED) is 0.300. The number of nitro groups is 2. The zero-order valence-electron chi connectivity index (χ0n) is 17.3. The van der Waals surface area contributed by atoms with Crippen molar-refractivity contribution in [2.75, 3.05) is 0 Å². The van der Waals surface area contributed by atoms with E-state index < -0.39 is 34.0 Å². The van der Waals surface area contributed by atoms with Gasteiger partial charge in [0, 0.05) is 24.3 Å². The Hall–Kier alpha value is -4.68. The summed E-state index contributed by atoms with van der Waals surface area (Å²) in [6.07, 6.45) is -1.71. The fraction of sp³-hybridized carbons (Fsp3) is 0.200. The number of hydrogen-bond acceptors (Lipinski definition) is 10. The first-order valence-electron chi connectivity index (χ1n) is 9.48. The summed E-state index contributed by atoms with van der Waals surface area (Å²) in [7, 11) is 0. The number of benzene rings is 2. The van der Waals surface area contributed by atoms with Gasteiger partial charge in [0.15, 0.2) is 23.9 Å². The van der Waals surface area contributed by atoms with E-state index in [1.54, 1.807) is 6.92 Å². The lowest BCUT2D eigenvalue weighted by Crippen LogP contribution is -2.12. The Morgan fingerprint density at radius 3 is 1.67 bits per heavy atom. The Morgan fingerprint density at radius 1 is 0.818 bits per heavy atom. The summed E-state index contributed by atoms with van der Waals surface area (Å²) >= 11 is 0. The van der Waals surface area contributed by atoms with Gasteiger partial charge in [0.25, 0.3) is 11.4 Å². The van der Waals surface area contributed by atoms with Crippen LogP contribution < -0.4 is 0 Å². The molecule has 3 rings (SSSR count). The van der Waals surface area contributed by atoms with E-state index in [0.29, 0.717) is 0 Å². The van der Waals surface area contributed by atoms with Gasteiger partial charge in [-0.1, -0.05) is 0 Å². The van der Waals surface area contributed by atoms with Crippen LogP contribution in [0, 0.1) is 20.2 Å². The molecule has 2 aromatic carbocycles. The highest BCUT2D eigenvalue weighted by Gasteiger charge is 2.22. The molecule has 170 valence electrons.